The topological polar surface area (TPSA) is 118 Å². The molecule has 0 aromatic heterocycles. The number of fused-ring (bicyclic) bond motifs is 1. The van der Waals surface area contributed by atoms with E-state index >= 15 is 0 Å². The fourth-order valence-electron chi connectivity index (χ4n) is 10.3. The van der Waals surface area contributed by atoms with Gasteiger partial charge in [-0.25, -0.2) is 0 Å². The molecule has 3 aliphatic rings. The molecule has 3 saturated carbocycles. The smallest absolute Gasteiger partial charge is 0.0637 e. The highest BCUT2D eigenvalue weighted by atomic mass is 16.5. The van der Waals surface area contributed by atoms with Gasteiger partial charge in [0.2, 0.25) is 0 Å². The molecule has 7 N–H and O–H groups in total. The van der Waals surface area contributed by atoms with E-state index in [1.807, 2.05) is 0 Å². The third kappa shape index (κ3) is 10.6. The highest BCUT2D eigenvalue weighted by Crippen LogP contribution is 2.66. The molecule has 8 atom stereocenters. The van der Waals surface area contributed by atoms with E-state index in [9.17, 15) is 0 Å². The van der Waals surface area contributed by atoms with Crippen LogP contribution in [-0.2, 0) is 14.2 Å². The van der Waals surface area contributed by atoms with Crippen LogP contribution in [0.5, 0.6) is 0 Å². The number of ether oxygens (including phenoxy) is 3. The van der Waals surface area contributed by atoms with Gasteiger partial charge in [-0.1, -0.05) is 47.5 Å². The zero-order valence-corrected chi connectivity index (χ0v) is 31.0. The molecule has 0 radical (unpaired) electrons. The average Bonchev–Trinajstić information content (AvgIpc) is 3.42. The van der Waals surface area contributed by atoms with Crippen molar-refractivity contribution in [2.75, 3.05) is 52.5 Å². The Bertz CT molecular complexity index is 793. The molecule has 0 aliphatic heterocycles. The van der Waals surface area contributed by atoms with Gasteiger partial charge in [0.15, 0.2) is 0 Å². The Balaban J connectivity index is 1.85. The lowest BCUT2D eigenvalue weighted by Crippen LogP contribution is -2.59. The summed E-state index contributed by atoms with van der Waals surface area (Å²) in [6.45, 7) is 19.2. The third-order valence-electron chi connectivity index (χ3n) is 13.0. The van der Waals surface area contributed by atoms with Crippen LogP contribution in [0, 0.1) is 40.4 Å². The van der Waals surface area contributed by atoms with Gasteiger partial charge in [-0.3, -0.25) is 0 Å². The lowest BCUT2D eigenvalue weighted by Gasteiger charge is -2.60. The average molecular weight is 651 g/mol. The quantitative estimate of drug-likeness (QED) is 0.0828. The molecule has 0 heterocycles. The van der Waals surface area contributed by atoms with Crippen molar-refractivity contribution in [2.24, 2.45) is 57.6 Å². The van der Waals surface area contributed by atoms with Crippen LogP contribution in [0.2, 0.25) is 0 Å². The van der Waals surface area contributed by atoms with Crippen molar-refractivity contribution in [3.63, 3.8) is 0 Å². The Morgan fingerprint density at radius 3 is 2.07 bits per heavy atom. The highest BCUT2D eigenvalue weighted by Gasteiger charge is 2.63. The normalized spacial score (nSPS) is 34.4. The minimum absolute atomic E-state index is 0.160. The number of nitrogens with two attached hydrogens (primary N) is 3. The van der Waals surface area contributed by atoms with E-state index in [1.54, 1.807) is 0 Å². The molecule has 0 saturated heterocycles. The lowest BCUT2D eigenvalue weighted by atomic mass is 9.48. The summed E-state index contributed by atoms with van der Waals surface area (Å²) in [5, 5.41) is 3.72. The third-order valence-corrected chi connectivity index (χ3v) is 13.0. The SMILES string of the molecule is CCCCCNCCC[C@@H](C)[C@H]1CC[C@H]2C([C@@H](CC)OCCCN)[C@@H](C3(C)CCC(OCCCN)CC3)C[C@H](OCCCN)[C@]12C. The van der Waals surface area contributed by atoms with Crippen molar-refractivity contribution in [3.05, 3.63) is 0 Å². The second kappa shape index (κ2) is 21.1. The number of hydrogen-bond donors (Lipinski definition) is 4. The van der Waals surface area contributed by atoms with Crippen molar-refractivity contribution in [1.82, 2.24) is 5.32 Å². The molecule has 0 spiro atoms. The number of unbranched alkanes of at least 4 members (excludes halogenated alkanes) is 2. The highest BCUT2D eigenvalue weighted by molar-refractivity contribution is 5.12. The van der Waals surface area contributed by atoms with Crippen molar-refractivity contribution in [2.45, 2.75) is 156 Å². The van der Waals surface area contributed by atoms with Crippen molar-refractivity contribution >= 4 is 0 Å². The molecule has 3 fully saturated rings. The van der Waals surface area contributed by atoms with E-state index in [1.165, 1.54) is 57.8 Å². The summed E-state index contributed by atoms with van der Waals surface area (Å²) in [6, 6.07) is 0. The van der Waals surface area contributed by atoms with E-state index in [2.05, 4.69) is 39.9 Å². The molecule has 0 aromatic rings. The second-order valence-corrected chi connectivity index (χ2v) is 16.0. The van der Waals surface area contributed by atoms with Gasteiger partial charge in [-0.05, 0) is 158 Å². The van der Waals surface area contributed by atoms with Crippen LogP contribution in [0.4, 0.5) is 0 Å². The Hall–Kier alpha value is -0.280. The molecule has 3 rings (SSSR count). The maximum Gasteiger partial charge on any atom is 0.0637 e. The minimum Gasteiger partial charge on any atom is -0.378 e. The Kier molecular flexibility index (Phi) is 18.4. The lowest BCUT2D eigenvalue weighted by molar-refractivity contribution is -0.191. The van der Waals surface area contributed by atoms with E-state index in [4.69, 9.17) is 31.4 Å². The van der Waals surface area contributed by atoms with Crippen LogP contribution in [0.1, 0.15) is 137 Å². The molecule has 46 heavy (non-hydrogen) atoms. The predicted molar refractivity (Wildman–Crippen MR) is 194 cm³/mol. The summed E-state index contributed by atoms with van der Waals surface area (Å²) in [7, 11) is 0. The Morgan fingerprint density at radius 2 is 1.41 bits per heavy atom. The van der Waals surface area contributed by atoms with Gasteiger partial charge in [0, 0.05) is 25.2 Å². The summed E-state index contributed by atoms with van der Waals surface area (Å²) in [6.07, 6.45) is 19.8. The predicted octanol–water partition coefficient (Wildman–Crippen LogP) is 7.04. The number of hydrogen-bond acceptors (Lipinski definition) is 7. The maximum atomic E-state index is 7.03. The standard InChI is InChI=1S/C39H78N4O3/c1-6-8-9-24-43-25-10-14-30(3)32-15-16-33-37(35(7-2)45-27-12-22-41)34(29-36(39(32,33)5)46-28-13-23-42)38(4)19-17-31(18-20-38)44-26-11-21-40/h30-37,43H,6-29,40-42H2,1-5H3/t30-,31?,32-,33+,34+,35-,36+,37?,38?,39-/m1/s1. The van der Waals surface area contributed by atoms with Gasteiger partial charge in [-0.2, -0.15) is 0 Å². The molecule has 1 unspecified atom stereocenters. The van der Waals surface area contributed by atoms with Crippen LogP contribution in [0.3, 0.4) is 0 Å². The van der Waals surface area contributed by atoms with Crippen molar-refractivity contribution in [3.8, 4) is 0 Å². The summed E-state index contributed by atoms with van der Waals surface area (Å²) >= 11 is 0. The summed E-state index contributed by atoms with van der Waals surface area (Å²) in [5.74, 6) is 3.14. The first-order chi connectivity index (χ1) is 22.3. The van der Waals surface area contributed by atoms with Crippen LogP contribution < -0.4 is 22.5 Å². The summed E-state index contributed by atoms with van der Waals surface area (Å²) in [4.78, 5) is 0. The number of rotatable bonds is 24. The monoisotopic (exact) mass is 651 g/mol. The Labute approximate surface area is 284 Å². The van der Waals surface area contributed by atoms with Crippen LogP contribution >= 0.6 is 0 Å². The molecule has 0 aromatic carbocycles. The van der Waals surface area contributed by atoms with Gasteiger partial charge >= 0.3 is 0 Å². The summed E-state index contributed by atoms with van der Waals surface area (Å²) < 4.78 is 20.2. The van der Waals surface area contributed by atoms with Gasteiger partial charge in [0.05, 0.1) is 18.3 Å². The molecule has 272 valence electrons. The second-order valence-electron chi connectivity index (χ2n) is 16.0. The van der Waals surface area contributed by atoms with Gasteiger partial charge < -0.3 is 36.7 Å². The zero-order valence-electron chi connectivity index (χ0n) is 31.0. The first-order valence-electron chi connectivity index (χ1n) is 20.0. The van der Waals surface area contributed by atoms with Crippen LogP contribution in [0.25, 0.3) is 0 Å². The maximum absolute atomic E-state index is 7.03. The Morgan fingerprint density at radius 1 is 0.761 bits per heavy atom. The van der Waals surface area contributed by atoms with E-state index in [0.29, 0.717) is 55.3 Å². The zero-order chi connectivity index (χ0) is 33.4. The van der Waals surface area contributed by atoms with Crippen molar-refractivity contribution < 1.29 is 14.2 Å². The van der Waals surface area contributed by atoms with Crippen LogP contribution in [0.15, 0.2) is 0 Å². The molecule has 0 bridgehead atoms. The molecule has 3 aliphatic carbocycles. The molecule has 0 amide bonds. The van der Waals surface area contributed by atoms with E-state index in [0.717, 1.165) is 77.9 Å². The summed E-state index contributed by atoms with van der Waals surface area (Å²) in [5.41, 5.74) is 18.1. The molecular weight excluding hydrogens is 572 g/mol. The molecule has 7 nitrogen and oxygen atoms in total. The molecular formula is C39H78N4O3. The fraction of sp³-hybridized carbons (Fsp3) is 1.00. The van der Waals surface area contributed by atoms with Crippen LogP contribution in [-0.4, -0.2) is 70.9 Å². The minimum atomic E-state index is 0.160. The van der Waals surface area contributed by atoms with Gasteiger partial charge in [0.25, 0.3) is 0 Å². The first kappa shape index (κ1) is 40.2. The largest absolute Gasteiger partial charge is 0.378 e. The fourth-order valence-corrected chi connectivity index (χ4v) is 10.3. The van der Waals surface area contributed by atoms with Gasteiger partial charge in [0.1, 0.15) is 0 Å². The van der Waals surface area contributed by atoms with Crippen molar-refractivity contribution in [1.29, 1.82) is 0 Å². The van der Waals surface area contributed by atoms with E-state index in [-0.39, 0.29) is 23.0 Å². The molecule has 7 heteroatoms. The first-order valence-corrected chi connectivity index (χ1v) is 20.0. The van der Waals surface area contributed by atoms with E-state index < -0.39 is 0 Å². The number of nitrogens with one attached hydrogen (secondary N) is 1. The van der Waals surface area contributed by atoms with Gasteiger partial charge in [-0.15, -0.1) is 0 Å².